The normalized spacial score (nSPS) is 9.83. The molecule has 0 fully saturated rings. The summed E-state index contributed by atoms with van der Waals surface area (Å²) in [5.74, 6) is 5.18. The van der Waals surface area contributed by atoms with Crippen LogP contribution in [0.4, 0.5) is 0 Å². The lowest BCUT2D eigenvalue weighted by Gasteiger charge is -2.18. The van der Waals surface area contributed by atoms with E-state index >= 15 is 0 Å². The highest BCUT2D eigenvalue weighted by atomic mass is 15.2. The number of rotatable bonds is 5. The van der Waals surface area contributed by atoms with Crippen LogP contribution < -0.4 is 0 Å². The van der Waals surface area contributed by atoms with Crippen LogP contribution in [0.15, 0.2) is 0 Å². The molecule has 12 heavy (non-hydrogen) atoms. The molecule has 0 aromatic carbocycles. The zero-order valence-corrected chi connectivity index (χ0v) is 7.88. The van der Waals surface area contributed by atoms with Gasteiger partial charge in [-0.25, -0.2) is 0 Å². The first kappa shape index (κ1) is 11.0. The van der Waals surface area contributed by atoms with Crippen LogP contribution in [0.1, 0.15) is 0 Å². The fraction of sp³-hybridized carbons (Fsp3) is 0.600. The van der Waals surface area contributed by atoms with Gasteiger partial charge >= 0.3 is 0 Å². The number of likely N-dealkylation sites (N-methyl/N-ethyl adjacent to an activating group) is 2. The van der Waals surface area contributed by atoms with Crippen molar-refractivity contribution >= 4 is 0 Å². The van der Waals surface area contributed by atoms with Gasteiger partial charge in [0.2, 0.25) is 0 Å². The third-order valence-electron chi connectivity index (χ3n) is 1.59. The maximum Gasteiger partial charge on any atom is 0.0596 e. The number of hydrogen-bond acceptors (Lipinski definition) is 2. The maximum absolute atomic E-state index is 5.16. The number of nitrogens with zero attached hydrogens (tertiary/aromatic N) is 2. The van der Waals surface area contributed by atoms with Gasteiger partial charge in [0, 0.05) is 13.1 Å². The molecule has 0 heterocycles. The Morgan fingerprint density at radius 3 is 1.50 bits per heavy atom. The quantitative estimate of drug-likeness (QED) is 0.532. The lowest BCUT2D eigenvalue weighted by atomic mass is 10.4. The Labute approximate surface area is 75.5 Å². The summed E-state index contributed by atoms with van der Waals surface area (Å²) in [4.78, 5) is 4.18. The van der Waals surface area contributed by atoms with E-state index in [1.54, 1.807) is 0 Å². The first-order valence-electron chi connectivity index (χ1n) is 3.94. The summed E-state index contributed by atoms with van der Waals surface area (Å²) in [6.07, 6.45) is 10.3. The van der Waals surface area contributed by atoms with Gasteiger partial charge in [0.25, 0.3) is 0 Å². The highest BCUT2D eigenvalue weighted by Gasteiger charge is 1.98. The minimum Gasteiger partial charge on any atom is -0.294 e. The highest BCUT2D eigenvalue weighted by molar-refractivity contribution is 4.89. The van der Waals surface area contributed by atoms with E-state index in [0.717, 1.165) is 13.1 Å². The van der Waals surface area contributed by atoms with Gasteiger partial charge < -0.3 is 0 Å². The molecule has 0 radical (unpaired) electrons. The summed E-state index contributed by atoms with van der Waals surface area (Å²) in [5, 5.41) is 0. The molecule has 0 N–H and O–H groups in total. The van der Waals surface area contributed by atoms with Crippen LogP contribution in [0, 0.1) is 24.7 Å². The second kappa shape index (κ2) is 6.73. The SMILES string of the molecule is C#CCN(C)CCN(C)CC#C. The molecule has 0 saturated heterocycles. The van der Waals surface area contributed by atoms with Crippen molar-refractivity contribution in [2.24, 2.45) is 0 Å². The molecule has 0 aromatic rings. The molecular weight excluding hydrogens is 148 g/mol. The minimum absolute atomic E-state index is 0.698. The average molecular weight is 164 g/mol. The van der Waals surface area contributed by atoms with E-state index in [2.05, 4.69) is 21.6 Å². The Kier molecular flexibility index (Phi) is 6.19. The van der Waals surface area contributed by atoms with Crippen LogP contribution in [-0.4, -0.2) is 50.1 Å². The lowest BCUT2D eigenvalue weighted by molar-refractivity contribution is 0.291. The molecular formula is C10H16N2. The third-order valence-corrected chi connectivity index (χ3v) is 1.59. The number of terminal acetylenes is 2. The van der Waals surface area contributed by atoms with Crippen molar-refractivity contribution in [1.82, 2.24) is 9.80 Å². The van der Waals surface area contributed by atoms with Crippen LogP contribution in [0.5, 0.6) is 0 Å². The Balaban J connectivity index is 3.42. The lowest BCUT2D eigenvalue weighted by Crippen LogP contribution is -2.31. The molecule has 2 nitrogen and oxygen atoms in total. The van der Waals surface area contributed by atoms with Gasteiger partial charge in [0.05, 0.1) is 13.1 Å². The molecule has 0 rings (SSSR count). The second-order valence-corrected chi connectivity index (χ2v) is 2.88. The van der Waals surface area contributed by atoms with Crippen molar-refractivity contribution in [2.75, 3.05) is 40.3 Å². The van der Waals surface area contributed by atoms with Gasteiger partial charge in [-0.2, -0.15) is 0 Å². The van der Waals surface area contributed by atoms with E-state index in [0.29, 0.717) is 13.1 Å². The van der Waals surface area contributed by atoms with Crippen LogP contribution in [0.25, 0.3) is 0 Å². The molecule has 66 valence electrons. The van der Waals surface area contributed by atoms with Gasteiger partial charge in [-0.15, -0.1) is 12.8 Å². The molecule has 0 aliphatic heterocycles. The largest absolute Gasteiger partial charge is 0.294 e. The Morgan fingerprint density at radius 2 is 1.25 bits per heavy atom. The molecule has 0 atom stereocenters. The first-order chi connectivity index (χ1) is 5.70. The van der Waals surface area contributed by atoms with Gasteiger partial charge in [0.15, 0.2) is 0 Å². The van der Waals surface area contributed by atoms with Gasteiger partial charge in [-0.3, -0.25) is 9.80 Å². The van der Waals surface area contributed by atoms with Gasteiger partial charge in [0.1, 0.15) is 0 Å². The van der Waals surface area contributed by atoms with Crippen LogP contribution in [0.2, 0.25) is 0 Å². The Hall–Kier alpha value is -0.960. The predicted molar refractivity (Wildman–Crippen MR) is 52.7 cm³/mol. The van der Waals surface area contributed by atoms with Crippen molar-refractivity contribution < 1.29 is 0 Å². The first-order valence-corrected chi connectivity index (χ1v) is 3.94. The minimum atomic E-state index is 0.698. The molecule has 0 unspecified atom stereocenters. The molecule has 0 aliphatic carbocycles. The molecule has 0 bridgehead atoms. The van der Waals surface area contributed by atoms with Crippen molar-refractivity contribution in [3.05, 3.63) is 0 Å². The van der Waals surface area contributed by atoms with E-state index in [1.165, 1.54) is 0 Å². The topological polar surface area (TPSA) is 6.48 Å². The maximum atomic E-state index is 5.16. The van der Waals surface area contributed by atoms with Gasteiger partial charge in [-0.05, 0) is 14.1 Å². The van der Waals surface area contributed by atoms with Crippen molar-refractivity contribution in [3.8, 4) is 24.7 Å². The monoisotopic (exact) mass is 164 g/mol. The van der Waals surface area contributed by atoms with Gasteiger partial charge in [-0.1, -0.05) is 11.8 Å². The summed E-state index contributed by atoms with van der Waals surface area (Å²) >= 11 is 0. The second-order valence-electron chi connectivity index (χ2n) is 2.88. The predicted octanol–water partition coefficient (Wildman–Crippen LogP) is 0.116. The molecule has 0 aliphatic rings. The third kappa shape index (κ3) is 5.80. The number of hydrogen-bond donors (Lipinski definition) is 0. The summed E-state index contributed by atoms with van der Waals surface area (Å²) in [6.45, 7) is 3.32. The average Bonchev–Trinajstić information content (AvgIpc) is 2.02. The van der Waals surface area contributed by atoms with E-state index in [4.69, 9.17) is 12.8 Å². The Bertz CT molecular complexity index is 163. The molecule has 0 saturated carbocycles. The molecule has 0 aromatic heterocycles. The summed E-state index contributed by atoms with van der Waals surface area (Å²) in [7, 11) is 4.01. The van der Waals surface area contributed by atoms with E-state index in [1.807, 2.05) is 14.1 Å². The summed E-state index contributed by atoms with van der Waals surface area (Å²) in [5.41, 5.74) is 0. The van der Waals surface area contributed by atoms with Crippen molar-refractivity contribution in [2.45, 2.75) is 0 Å². The van der Waals surface area contributed by atoms with Crippen LogP contribution >= 0.6 is 0 Å². The standard InChI is InChI=1S/C10H16N2/c1-5-7-11(3)9-10-12(4)8-6-2/h1-2H,7-10H2,3-4H3. The fourth-order valence-corrected chi connectivity index (χ4v) is 0.811. The van der Waals surface area contributed by atoms with E-state index in [-0.39, 0.29) is 0 Å². The molecule has 2 heteroatoms. The molecule has 0 amide bonds. The smallest absolute Gasteiger partial charge is 0.0596 e. The summed E-state index contributed by atoms with van der Waals surface area (Å²) in [6, 6.07) is 0. The zero-order valence-electron chi connectivity index (χ0n) is 7.88. The van der Waals surface area contributed by atoms with E-state index in [9.17, 15) is 0 Å². The zero-order chi connectivity index (χ0) is 9.40. The fourth-order valence-electron chi connectivity index (χ4n) is 0.811. The highest BCUT2D eigenvalue weighted by Crippen LogP contribution is 1.84. The van der Waals surface area contributed by atoms with Crippen LogP contribution in [-0.2, 0) is 0 Å². The van der Waals surface area contributed by atoms with Crippen molar-refractivity contribution in [3.63, 3.8) is 0 Å². The van der Waals surface area contributed by atoms with Crippen molar-refractivity contribution in [1.29, 1.82) is 0 Å². The van der Waals surface area contributed by atoms with E-state index < -0.39 is 0 Å². The molecule has 0 spiro atoms. The van der Waals surface area contributed by atoms with Crippen LogP contribution in [0.3, 0.4) is 0 Å². The summed E-state index contributed by atoms with van der Waals surface area (Å²) < 4.78 is 0. The Morgan fingerprint density at radius 1 is 0.917 bits per heavy atom.